The molecule has 0 radical (unpaired) electrons. The first kappa shape index (κ1) is 18.7. The summed E-state index contributed by atoms with van der Waals surface area (Å²) in [4.78, 5) is 14.2. The van der Waals surface area contributed by atoms with E-state index < -0.39 is 6.04 Å². The van der Waals surface area contributed by atoms with Crippen LogP contribution in [-0.4, -0.2) is 41.7 Å². The summed E-state index contributed by atoms with van der Waals surface area (Å²) < 4.78 is 5.72. The van der Waals surface area contributed by atoms with Crippen LogP contribution in [0, 0.1) is 5.92 Å². The molecule has 1 aliphatic rings. The molecule has 0 aliphatic carbocycles. The van der Waals surface area contributed by atoms with Gasteiger partial charge in [0, 0.05) is 6.54 Å². The Hall–Kier alpha value is -1.30. The molecular formula is C16H25ClN2O3. The van der Waals surface area contributed by atoms with Crippen molar-refractivity contribution in [3.63, 3.8) is 0 Å². The third-order valence-corrected chi connectivity index (χ3v) is 4.16. The number of morpholine rings is 1. The van der Waals surface area contributed by atoms with Crippen molar-refractivity contribution in [2.45, 2.75) is 32.4 Å². The molecule has 0 saturated carbocycles. The highest BCUT2D eigenvalue weighted by atomic mass is 35.5. The number of phenols is 1. The van der Waals surface area contributed by atoms with Gasteiger partial charge in [-0.05, 0) is 23.6 Å². The summed E-state index contributed by atoms with van der Waals surface area (Å²) in [7, 11) is 0. The van der Waals surface area contributed by atoms with E-state index in [9.17, 15) is 9.90 Å². The Bertz CT molecular complexity index is 498. The van der Waals surface area contributed by atoms with Crippen LogP contribution < -0.4 is 5.73 Å². The molecule has 124 valence electrons. The first-order chi connectivity index (χ1) is 10.0. The molecule has 3 N–H and O–H groups in total. The van der Waals surface area contributed by atoms with Crippen LogP contribution in [0.4, 0.5) is 0 Å². The summed E-state index contributed by atoms with van der Waals surface area (Å²) in [5.74, 6) is 0.355. The Morgan fingerprint density at radius 3 is 2.91 bits per heavy atom. The van der Waals surface area contributed by atoms with E-state index >= 15 is 0 Å². The molecule has 1 saturated heterocycles. The summed E-state index contributed by atoms with van der Waals surface area (Å²) in [6.07, 6.45) is 0.673. The molecule has 1 aromatic rings. The van der Waals surface area contributed by atoms with Crippen LogP contribution in [-0.2, 0) is 9.53 Å². The van der Waals surface area contributed by atoms with Gasteiger partial charge in [-0.25, -0.2) is 0 Å². The van der Waals surface area contributed by atoms with E-state index in [1.807, 2.05) is 19.9 Å². The van der Waals surface area contributed by atoms with Crippen molar-refractivity contribution in [1.29, 1.82) is 0 Å². The first-order valence-electron chi connectivity index (χ1n) is 7.47. The van der Waals surface area contributed by atoms with Gasteiger partial charge in [-0.1, -0.05) is 32.4 Å². The molecule has 0 spiro atoms. The van der Waals surface area contributed by atoms with Gasteiger partial charge in [0.15, 0.2) is 0 Å². The number of amides is 1. The number of carbonyl (C=O) groups is 1. The molecule has 22 heavy (non-hydrogen) atoms. The second-order valence-electron chi connectivity index (χ2n) is 5.65. The maximum atomic E-state index is 12.4. The standard InChI is InChI=1S/C16H24N2O3.ClH/c1-3-11(2)15(17)16(20)18-7-8-21-14(10-18)12-5-4-6-13(19)9-12;/h4-6,9,11,14-15,19H,3,7-8,10,17H2,1-2H3;1H. The van der Waals surface area contributed by atoms with Gasteiger partial charge in [0.05, 0.1) is 19.2 Å². The minimum absolute atomic E-state index is 0. The predicted molar refractivity (Wildman–Crippen MR) is 88.1 cm³/mol. The molecule has 5 nitrogen and oxygen atoms in total. The second kappa shape index (κ2) is 8.36. The Kier molecular flexibility index (Phi) is 7.13. The van der Waals surface area contributed by atoms with Crippen LogP contribution in [0.15, 0.2) is 24.3 Å². The molecule has 1 amide bonds. The molecule has 0 aromatic heterocycles. The van der Waals surface area contributed by atoms with Crippen LogP contribution in [0.3, 0.4) is 0 Å². The summed E-state index contributed by atoms with van der Waals surface area (Å²) in [6, 6.07) is 6.51. The number of benzene rings is 1. The van der Waals surface area contributed by atoms with Crippen LogP contribution in [0.2, 0.25) is 0 Å². The van der Waals surface area contributed by atoms with Crippen LogP contribution >= 0.6 is 12.4 Å². The van der Waals surface area contributed by atoms with Crippen molar-refractivity contribution in [3.8, 4) is 5.75 Å². The average molecular weight is 329 g/mol. The lowest BCUT2D eigenvalue weighted by Gasteiger charge is -2.35. The topological polar surface area (TPSA) is 75.8 Å². The lowest BCUT2D eigenvalue weighted by atomic mass is 9.98. The number of nitrogens with two attached hydrogens (primary N) is 1. The number of nitrogens with zero attached hydrogens (tertiary/aromatic N) is 1. The number of halogens is 1. The van der Waals surface area contributed by atoms with Crippen LogP contribution in [0.5, 0.6) is 5.75 Å². The van der Waals surface area contributed by atoms with Gasteiger partial charge in [0.1, 0.15) is 11.9 Å². The summed E-state index contributed by atoms with van der Waals surface area (Å²) in [5.41, 5.74) is 6.92. The normalized spacial score (nSPS) is 20.9. The molecular weight excluding hydrogens is 304 g/mol. The molecule has 2 rings (SSSR count). The highest BCUT2D eigenvalue weighted by Crippen LogP contribution is 2.25. The van der Waals surface area contributed by atoms with Gasteiger partial charge < -0.3 is 20.5 Å². The van der Waals surface area contributed by atoms with Crippen molar-refractivity contribution in [3.05, 3.63) is 29.8 Å². The Morgan fingerprint density at radius 1 is 1.55 bits per heavy atom. The molecule has 0 bridgehead atoms. The van der Waals surface area contributed by atoms with Gasteiger partial charge in [-0.2, -0.15) is 0 Å². The Labute approximate surface area is 137 Å². The SMILES string of the molecule is CCC(C)C(N)C(=O)N1CCOC(c2cccc(O)c2)C1.Cl. The van der Waals surface area contributed by atoms with E-state index in [0.29, 0.717) is 19.7 Å². The zero-order valence-electron chi connectivity index (χ0n) is 13.1. The maximum absolute atomic E-state index is 12.4. The Balaban J connectivity index is 0.00000242. The minimum atomic E-state index is -0.460. The Morgan fingerprint density at radius 2 is 2.27 bits per heavy atom. The van der Waals surface area contributed by atoms with Gasteiger partial charge in [0.2, 0.25) is 5.91 Å². The maximum Gasteiger partial charge on any atom is 0.239 e. The summed E-state index contributed by atoms with van der Waals surface area (Å²) in [5, 5.41) is 9.56. The first-order valence-corrected chi connectivity index (χ1v) is 7.47. The highest BCUT2D eigenvalue weighted by molar-refractivity contribution is 5.85. The van der Waals surface area contributed by atoms with E-state index in [0.717, 1.165) is 12.0 Å². The largest absolute Gasteiger partial charge is 0.508 e. The lowest BCUT2D eigenvalue weighted by Crippen LogP contribution is -2.51. The zero-order valence-corrected chi connectivity index (χ0v) is 13.9. The third-order valence-electron chi connectivity index (χ3n) is 4.16. The molecule has 1 aromatic carbocycles. The van der Waals surface area contributed by atoms with Crippen molar-refractivity contribution in [2.75, 3.05) is 19.7 Å². The number of hydrogen-bond acceptors (Lipinski definition) is 4. The van der Waals surface area contributed by atoms with Crippen LogP contribution in [0.25, 0.3) is 0 Å². The quantitative estimate of drug-likeness (QED) is 0.887. The van der Waals surface area contributed by atoms with Crippen molar-refractivity contribution < 1.29 is 14.6 Å². The molecule has 3 atom stereocenters. The van der Waals surface area contributed by atoms with Gasteiger partial charge in [-0.3, -0.25) is 4.79 Å². The monoisotopic (exact) mass is 328 g/mol. The van der Waals surface area contributed by atoms with E-state index in [1.165, 1.54) is 0 Å². The third kappa shape index (κ3) is 4.35. The molecule has 1 heterocycles. The number of phenolic OH excluding ortho intramolecular Hbond substituents is 1. The fraction of sp³-hybridized carbons (Fsp3) is 0.562. The lowest BCUT2D eigenvalue weighted by molar-refractivity contribution is -0.141. The fourth-order valence-corrected chi connectivity index (χ4v) is 2.48. The molecule has 6 heteroatoms. The number of carbonyl (C=O) groups excluding carboxylic acids is 1. The molecule has 1 aliphatic heterocycles. The van der Waals surface area contributed by atoms with E-state index in [1.54, 1.807) is 23.1 Å². The summed E-state index contributed by atoms with van der Waals surface area (Å²) in [6.45, 7) is 5.56. The number of ether oxygens (including phenoxy) is 1. The summed E-state index contributed by atoms with van der Waals surface area (Å²) >= 11 is 0. The number of hydrogen-bond donors (Lipinski definition) is 2. The predicted octanol–water partition coefficient (Wildman–Crippen LogP) is 2.09. The van der Waals surface area contributed by atoms with Gasteiger partial charge >= 0.3 is 0 Å². The highest BCUT2D eigenvalue weighted by Gasteiger charge is 2.30. The minimum Gasteiger partial charge on any atom is -0.508 e. The van der Waals surface area contributed by atoms with E-state index in [-0.39, 0.29) is 36.1 Å². The molecule has 3 unspecified atom stereocenters. The van der Waals surface area contributed by atoms with E-state index in [2.05, 4.69) is 0 Å². The average Bonchev–Trinajstić information content (AvgIpc) is 2.52. The van der Waals surface area contributed by atoms with Crippen molar-refractivity contribution >= 4 is 18.3 Å². The molecule has 1 fully saturated rings. The van der Waals surface area contributed by atoms with E-state index in [4.69, 9.17) is 10.5 Å². The van der Waals surface area contributed by atoms with Crippen molar-refractivity contribution in [2.24, 2.45) is 11.7 Å². The van der Waals surface area contributed by atoms with Crippen molar-refractivity contribution in [1.82, 2.24) is 4.90 Å². The van der Waals surface area contributed by atoms with Gasteiger partial charge in [0.25, 0.3) is 0 Å². The number of rotatable bonds is 4. The van der Waals surface area contributed by atoms with Gasteiger partial charge in [-0.15, -0.1) is 12.4 Å². The second-order valence-corrected chi connectivity index (χ2v) is 5.65. The smallest absolute Gasteiger partial charge is 0.239 e. The number of aromatic hydroxyl groups is 1. The fourth-order valence-electron chi connectivity index (χ4n) is 2.48. The van der Waals surface area contributed by atoms with Crippen LogP contribution in [0.1, 0.15) is 31.9 Å². The zero-order chi connectivity index (χ0) is 15.4.